The number of carbonyl (C=O) groups is 1. The molecule has 1 aliphatic rings. The predicted octanol–water partition coefficient (Wildman–Crippen LogP) is 1.07. The number of rotatable bonds is 3. The highest BCUT2D eigenvalue weighted by atomic mass is 35.5. The van der Waals surface area contributed by atoms with Gasteiger partial charge in [0.05, 0.1) is 0 Å². The second-order valence-electron chi connectivity index (χ2n) is 4.95. The van der Waals surface area contributed by atoms with Gasteiger partial charge in [-0.25, -0.2) is 9.97 Å². The summed E-state index contributed by atoms with van der Waals surface area (Å²) >= 11 is 0. The van der Waals surface area contributed by atoms with E-state index in [4.69, 9.17) is 5.73 Å². The lowest BCUT2D eigenvalue weighted by atomic mass is 10.1. The van der Waals surface area contributed by atoms with E-state index in [9.17, 15) is 4.79 Å². The summed E-state index contributed by atoms with van der Waals surface area (Å²) in [5.74, 6) is 0.307. The van der Waals surface area contributed by atoms with Gasteiger partial charge < -0.3 is 16.0 Å². The molecule has 7 heteroatoms. The van der Waals surface area contributed by atoms with Gasteiger partial charge in [0.2, 0.25) is 11.9 Å². The average molecular weight is 320 g/mol. The fraction of sp³-hybridized carbons (Fsp3) is 0.267. The summed E-state index contributed by atoms with van der Waals surface area (Å²) in [5, 5.41) is 3.30. The molecule has 3 rings (SSSR count). The largest absolute Gasteiger partial charge is 0.366 e. The van der Waals surface area contributed by atoms with E-state index in [1.807, 2.05) is 6.07 Å². The van der Waals surface area contributed by atoms with E-state index in [0.717, 1.165) is 43.3 Å². The Balaban J connectivity index is 0.00000176. The van der Waals surface area contributed by atoms with E-state index in [1.54, 1.807) is 30.6 Å². The Labute approximate surface area is 135 Å². The first-order chi connectivity index (χ1) is 10.2. The number of nitrogens with one attached hydrogen (secondary N) is 1. The number of halogens is 1. The van der Waals surface area contributed by atoms with Crippen LogP contribution in [0, 0.1) is 0 Å². The highest BCUT2D eigenvalue weighted by Gasteiger charge is 2.13. The quantitative estimate of drug-likeness (QED) is 0.884. The number of hydrogen-bond acceptors (Lipinski definition) is 5. The van der Waals surface area contributed by atoms with Crippen molar-refractivity contribution in [2.75, 3.05) is 31.1 Å². The molecule has 0 bridgehead atoms. The molecule has 6 nitrogen and oxygen atoms in total. The molecule has 116 valence electrons. The minimum Gasteiger partial charge on any atom is -0.366 e. The third-order valence-corrected chi connectivity index (χ3v) is 3.52. The van der Waals surface area contributed by atoms with Gasteiger partial charge in [0.25, 0.3) is 0 Å². The number of hydrogen-bond donors (Lipinski definition) is 2. The van der Waals surface area contributed by atoms with Gasteiger partial charge in [-0.15, -0.1) is 12.4 Å². The molecule has 3 N–H and O–H groups in total. The number of aromatic nitrogens is 2. The Hall–Kier alpha value is -2.18. The monoisotopic (exact) mass is 319 g/mol. The van der Waals surface area contributed by atoms with Crippen LogP contribution < -0.4 is 16.0 Å². The molecule has 22 heavy (non-hydrogen) atoms. The van der Waals surface area contributed by atoms with Gasteiger partial charge in [0.1, 0.15) is 0 Å². The molecule has 0 radical (unpaired) electrons. The summed E-state index contributed by atoms with van der Waals surface area (Å²) in [6, 6.07) is 7.17. The standard InChI is InChI=1S/C15H17N5O.ClH/c16-14(21)12-3-1-2-11(8-12)13-9-18-15(19-10-13)20-6-4-17-5-7-20;/h1-3,8-10,17H,4-7H2,(H2,16,21);1H. The van der Waals surface area contributed by atoms with E-state index in [1.165, 1.54) is 0 Å². The van der Waals surface area contributed by atoms with E-state index in [2.05, 4.69) is 20.2 Å². The van der Waals surface area contributed by atoms with Crippen molar-refractivity contribution in [3.8, 4) is 11.1 Å². The average Bonchev–Trinajstić information content (AvgIpc) is 2.56. The number of benzene rings is 1. The fourth-order valence-electron chi connectivity index (χ4n) is 2.35. The fourth-order valence-corrected chi connectivity index (χ4v) is 2.35. The van der Waals surface area contributed by atoms with Crippen LogP contribution in [0.15, 0.2) is 36.7 Å². The predicted molar refractivity (Wildman–Crippen MR) is 88.3 cm³/mol. The highest BCUT2D eigenvalue weighted by Crippen LogP contribution is 2.20. The van der Waals surface area contributed by atoms with Crippen molar-refractivity contribution in [1.29, 1.82) is 0 Å². The van der Waals surface area contributed by atoms with Gasteiger partial charge in [0, 0.05) is 49.7 Å². The van der Waals surface area contributed by atoms with Gasteiger partial charge in [-0.1, -0.05) is 12.1 Å². The van der Waals surface area contributed by atoms with E-state index in [0.29, 0.717) is 5.56 Å². The van der Waals surface area contributed by atoms with Crippen molar-refractivity contribution in [3.63, 3.8) is 0 Å². The maximum absolute atomic E-state index is 11.2. The Morgan fingerprint density at radius 3 is 2.45 bits per heavy atom. The van der Waals surface area contributed by atoms with E-state index >= 15 is 0 Å². The SMILES string of the molecule is Cl.NC(=O)c1cccc(-c2cnc(N3CCNCC3)nc2)c1. The van der Waals surface area contributed by atoms with Crippen molar-refractivity contribution in [2.24, 2.45) is 5.73 Å². The third-order valence-electron chi connectivity index (χ3n) is 3.52. The Morgan fingerprint density at radius 2 is 1.82 bits per heavy atom. The maximum Gasteiger partial charge on any atom is 0.248 e. The zero-order valence-electron chi connectivity index (χ0n) is 12.0. The Bertz CT molecular complexity index is 641. The minimum atomic E-state index is -0.435. The van der Waals surface area contributed by atoms with Crippen molar-refractivity contribution in [1.82, 2.24) is 15.3 Å². The van der Waals surface area contributed by atoms with Gasteiger partial charge in [-0.2, -0.15) is 0 Å². The first-order valence-electron chi connectivity index (χ1n) is 6.92. The lowest BCUT2D eigenvalue weighted by Gasteiger charge is -2.27. The lowest BCUT2D eigenvalue weighted by molar-refractivity contribution is 0.100. The number of nitrogens with two attached hydrogens (primary N) is 1. The van der Waals surface area contributed by atoms with Crippen molar-refractivity contribution in [3.05, 3.63) is 42.2 Å². The lowest BCUT2D eigenvalue weighted by Crippen LogP contribution is -2.44. The molecule has 1 saturated heterocycles. The summed E-state index contributed by atoms with van der Waals surface area (Å²) in [5.41, 5.74) is 7.54. The molecule has 0 atom stereocenters. The van der Waals surface area contributed by atoms with E-state index in [-0.39, 0.29) is 12.4 Å². The van der Waals surface area contributed by atoms with Crippen LogP contribution >= 0.6 is 12.4 Å². The van der Waals surface area contributed by atoms with Crippen molar-refractivity contribution < 1.29 is 4.79 Å². The number of anilines is 1. The van der Waals surface area contributed by atoms with Gasteiger partial charge in [-0.3, -0.25) is 4.79 Å². The molecule has 0 unspecified atom stereocenters. The van der Waals surface area contributed by atoms with Crippen LogP contribution in [0.1, 0.15) is 10.4 Å². The maximum atomic E-state index is 11.2. The Kier molecular flexibility index (Phi) is 5.30. The van der Waals surface area contributed by atoms with Gasteiger partial charge >= 0.3 is 0 Å². The molecule has 1 aromatic heterocycles. The number of nitrogens with zero attached hydrogens (tertiary/aromatic N) is 3. The Morgan fingerprint density at radius 1 is 1.14 bits per heavy atom. The summed E-state index contributed by atoms with van der Waals surface area (Å²) in [7, 11) is 0. The molecule has 1 aromatic carbocycles. The van der Waals surface area contributed by atoms with Crippen LogP contribution in [0.2, 0.25) is 0 Å². The number of piperazine rings is 1. The molecular weight excluding hydrogens is 302 g/mol. The molecule has 1 fully saturated rings. The first-order valence-corrected chi connectivity index (χ1v) is 6.92. The smallest absolute Gasteiger partial charge is 0.248 e. The highest BCUT2D eigenvalue weighted by molar-refractivity contribution is 5.94. The number of primary amides is 1. The van der Waals surface area contributed by atoms with Gasteiger partial charge in [-0.05, 0) is 17.7 Å². The second kappa shape index (κ2) is 7.20. The first kappa shape index (κ1) is 16.2. The van der Waals surface area contributed by atoms with Crippen molar-refractivity contribution in [2.45, 2.75) is 0 Å². The zero-order valence-corrected chi connectivity index (χ0v) is 12.8. The van der Waals surface area contributed by atoms with Crippen LogP contribution in [0.25, 0.3) is 11.1 Å². The number of amides is 1. The second-order valence-corrected chi connectivity index (χ2v) is 4.95. The molecule has 0 spiro atoms. The normalized spacial score (nSPS) is 14.3. The summed E-state index contributed by atoms with van der Waals surface area (Å²) in [6.07, 6.45) is 3.56. The molecule has 2 aromatic rings. The van der Waals surface area contributed by atoms with Crippen molar-refractivity contribution >= 4 is 24.3 Å². The van der Waals surface area contributed by atoms with Crippen LogP contribution in [0.5, 0.6) is 0 Å². The van der Waals surface area contributed by atoms with Crippen LogP contribution in [-0.4, -0.2) is 42.1 Å². The van der Waals surface area contributed by atoms with Crippen LogP contribution in [0.4, 0.5) is 5.95 Å². The molecule has 0 aliphatic carbocycles. The molecule has 0 saturated carbocycles. The van der Waals surface area contributed by atoms with Gasteiger partial charge in [0.15, 0.2) is 0 Å². The summed E-state index contributed by atoms with van der Waals surface area (Å²) in [4.78, 5) is 22.2. The molecule has 1 aliphatic heterocycles. The summed E-state index contributed by atoms with van der Waals surface area (Å²) in [6.45, 7) is 3.73. The van der Waals surface area contributed by atoms with Crippen LogP contribution in [-0.2, 0) is 0 Å². The molecule has 2 heterocycles. The minimum absolute atomic E-state index is 0. The molecular formula is C15H18ClN5O. The topological polar surface area (TPSA) is 84.1 Å². The molecule has 1 amide bonds. The van der Waals surface area contributed by atoms with E-state index < -0.39 is 5.91 Å². The van der Waals surface area contributed by atoms with Crippen LogP contribution in [0.3, 0.4) is 0 Å². The summed E-state index contributed by atoms with van der Waals surface area (Å²) < 4.78 is 0. The third kappa shape index (κ3) is 3.52. The number of carbonyl (C=O) groups excluding carboxylic acids is 1. The zero-order chi connectivity index (χ0) is 14.7.